The van der Waals surface area contributed by atoms with E-state index in [1.807, 2.05) is 32.0 Å². The summed E-state index contributed by atoms with van der Waals surface area (Å²) in [5.41, 5.74) is 1.13. The van der Waals surface area contributed by atoms with Crippen molar-refractivity contribution >= 4 is 11.0 Å². The normalized spacial score (nSPS) is 9.69. The Morgan fingerprint density at radius 2 is 1.94 bits per heavy atom. The fraction of sp³-hybridized carbons (Fsp3) is 0.308. The largest absolute Gasteiger partial charge is 0.423 e. The molecule has 86 valence electrons. The molecule has 1 heterocycles. The van der Waals surface area contributed by atoms with Crippen molar-refractivity contribution in [1.29, 1.82) is 0 Å². The maximum atomic E-state index is 11.2. The van der Waals surface area contributed by atoms with Gasteiger partial charge < -0.3 is 9.15 Å². The van der Waals surface area contributed by atoms with Crippen LogP contribution in [0.1, 0.15) is 19.4 Å². The van der Waals surface area contributed by atoms with E-state index in [4.69, 9.17) is 9.15 Å². The monoisotopic (exact) mass is 220 g/mol. The van der Waals surface area contributed by atoms with Gasteiger partial charge in [-0.25, -0.2) is 4.79 Å². The highest BCUT2D eigenvalue weighted by molar-refractivity contribution is 5.79. The van der Waals surface area contributed by atoms with E-state index in [0.29, 0.717) is 12.2 Å². The Labute approximate surface area is 94.7 Å². The molecule has 0 aliphatic rings. The maximum Gasteiger partial charge on any atom is 0.336 e. The van der Waals surface area contributed by atoms with Crippen LogP contribution in [0.15, 0.2) is 39.5 Å². The minimum atomic E-state index is -0.337. The molecule has 0 fully saturated rings. The second kappa shape index (κ2) is 6.08. The van der Waals surface area contributed by atoms with E-state index in [9.17, 15) is 4.79 Å². The third kappa shape index (κ3) is 2.70. The molecule has 0 bridgehead atoms. The second-order valence-electron chi connectivity index (χ2n) is 3.02. The van der Waals surface area contributed by atoms with Crippen LogP contribution in [0.2, 0.25) is 0 Å². The van der Waals surface area contributed by atoms with E-state index in [-0.39, 0.29) is 5.63 Å². The summed E-state index contributed by atoms with van der Waals surface area (Å²) in [5.74, 6) is 0. The summed E-state index contributed by atoms with van der Waals surface area (Å²) in [6.07, 6.45) is 0. The number of hydrogen-bond donors (Lipinski definition) is 0. The van der Waals surface area contributed by atoms with Gasteiger partial charge in [-0.2, -0.15) is 0 Å². The van der Waals surface area contributed by atoms with Crippen LogP contribution in [0.3, 0.4) is 0 Å². The number of rotatable bonds is 2. The zero-order valence-electron chi connectivity index (χ0n) is 9.82. The first-order chi connectivity index (χ1) is 7.81. The molecule has 2 rings (SSSR count). The summed E-state index contributed by atoms with van der Waals surface area (Å²) in [4.78, 5) is 11.2. The van der Waals surface area contributed by atoms with Gasteiger partial charge in [-0.05, 0) is 11.6 Å². The molecule has 3 nitrogen and oxygen atoms in total. The minimum Gasteiger partial charge on any atom is -0.423 e. The fourth-order valence-electron chi connectivity index (χ4n) is 1.45. The quantitative estimate of drug-likeness (QED) is 0.730. The number of ether oxygens (including phenoxy) is 1. The Morgan fingerprint density at radius 1 is 1.25 bits per heavy atom. The first kappa shape index (κ1) is 12.5. The van der Waals surface area contributed by atoms with Crippen molar-refractivity contribution in [3.63, 3.8) is 0 Å². The average Bonchev–Trinajstić information content (AvgIpc) is 2.32. The number of benzene rings is 1. The Bertz CT molecular complexity index is 500. The van der Waals surface area contributed by atoms with E-state index in [0.717, 1.165) is 10.9 Å². The van der Waals surface area contributed by atoms with Gasteiger partial charge in [0.25, 0.3) is 0 Å². The van der Waals surface area contributed by atoms with Gasteiger partial charge in [0, 0.05) is 18.6 Å². The molecule has 0 amide bonds. The lowest BCUT2D eigenvalue weighted by atomic mass is 10.1. The molecule has 1 aromatic heterocycles. The standard InChI is InChI=1S/C11H10O3.C2H6/c1-13-7-8-6-11(12)14-10-5-3-2-4-9(8)10;1-2/h2-6H,7H2,1H3;1-2H3. The van der Waals surface area contributed by atoms with E-state index >= 15 is 0 Å². The van der Waals surface area contributed by atoms with Gasteiger partial charge in [0.15, 0.2) is 0 Å². The predicted octanol–water partition coefficient (Wildman–Crippen LogP) is 2.97. The van der Waals surface area contributed by atoms with Crippen molar-refractivity contribution < 1.29 is 9.15 Å². The van der Waals surface area contributed by atoms with Crippen LogP contribution in [-0.2, 0) is 11.3 Å². The fourth-order valence-corrected chi connectivity index (χ4v) is 1.45. The zero-order valence-corrected chi connectivity index (χ0v) is 9.82. The number of para-hydroxylation sites is 1. The number of methoxy groups -OCH3 is 1. The van der Waals surface area contributed by atoms with Crippen molar-refractivity contribution in [3.8, 4) is 0 Å². The van der Waals surface area contributed by atoms with Gasteiger partial charge >= 0.3 is 5.63 Å². The van der Waals surface area contributed by atoms with Crippen LogP contribution >= 0.6 is 0 Å². The molecular formula is C13H16O3. The van der Waals surface area contributed by atoms with Gasteiger partial charge in [-0.15, -0.1) is 0 Å². The first-order valence-corrected chi connectivity index (χ1v) is 5.32. The van der Waals surface area contributed by atoms with Crippen molar-refractivity contribution in [2.24, 2.45) is 0 Å². The van der Waals surface area contributed by atoms with E-state index in [2.05, 4.69) is 0 Å². The lowest BCUT2D eigenvalue weighted by molar-refractivity contribution is 0.185. The Hall–Kier alpha value is -1.61. The van der Waals surface area contributed by atoms with E-state index < -0.39 is 0 Å². The van der Waals surface area contributed by atoms with Crippen LogP contribution in [0.5, 0.6) is 0 Å². The molecule has 0 spiro atoms. The lowest BCUT2D eigenvalue weighted by Crippen LogP contribution is -2.01. The van der Waals surface area contributed by atoms with Gasteiger partial charge in [0.1, 0.15) is 5.58 Å². The smallest absolute Gasteiger partial charge is 0.336 e. The van der Waals surface area contributed by atoms with Crippen LogP contribution in [0.4, 0.5) is 0 Å². The molecule has 0 saturated carbocycles. The zero-order chi connectivity index (χ0) is 12.0. The SMILES string of the molecule is CC.COCc1cc(=O)oc2ccccc12. The van der Waals surface area contributed by atoms with Gasteiger partial charge in [0.2, 0.25) is 0 Å². The van der Waals surface area contributed by atoms with Crippen molar-refractivity contribution in [2.45, 2.75) is 20.5 Å². The van der Waals surface area contributed by atoms with Crippen molar-refractivity contribution in [2.75, 3.05) is 7.11 Å². The highest BCUT2D eigenvalue weighted by atomic mass is 16.5. The molecule has 1 aromatic carbocycles. The maximum absolute atomic E-state index is 11.2. The molecule has 0 N–H and O–H groups in total. The summed E-state index contributed by atoms with van der Waals surface area (Å²) < 4.78 is 10.0. The molecule has 0 radical (unpaired) electrons. The minimum absolute atomic E-state index is 0.337. The second-order valence-corrected chi connectivity index (χ2v) is 3.02. The first-order valence-electron chi connectivity index (χ1n) is 5.32. The number of fused-ring (bicyclic) bond motifs is 1. The highest BCUT2D eigenvalue weighted by Crippen LogP contribution is 2.16. The molecule has 2 aromatic rings. The summed E-state index contributed by atoms with van der Waals surface area (Å²) in [6, 6.07) is 8.89. The molecule has 0 saturated heterocycles. The summed E-state index contributed by atoms with van der Waals surface area (Å²) in [7, 11) is 1.60. The molecule has 0 aliphatic heterocycles. The van der Waals surface area contributed by atoms with Gasteiger partial charge in [0.05, 0.1) is 6.61 Å². The molecule has 0 aliphatic carbocycles. The molecule has 16 heavy (non-hydrogen) atoms. The molecule has 0 unspecified atom stereocenters. The van der Waals surface area contributed by atoms with Crippen LogP contribution in [-0.4, -0.2) is 7.11 Å². The highest BCUT2D eigenvalue weighted by Gasteiger charge is 2.03. The third-order valence-corrected chi connectivity index (χ3v) is 2.04. The summed E-state index contributed by atoms with van der Waals surface area (Å²) in [6.45, 7) is 4.42. The Morgan fingerprint density at radius 3 is 2.62 bits per heavy atom. The summed E-state index contributed by atoms with van der Waals surface area (Å²) >= 11 is 0. The summed E-state index contributed by atoms with van der Waals surface area (Å²) in [5, 5.41) is 0.925. The predicted molar refractivity (Wildman–Crippen MR) is 64.5 cm³/mol. The molecular weight excluding hydrogens is 204 g/mol. The van der Waals surface area contributed by atoms with Crippen molar-refractivity contribution in [1.82, 2.24) is 0 Å². The van der Waals surface area contributed by atoms with Crippen LogP contribution in [0.25, 0.3) is 11.0 Å². The van der Waals surface area contributed by atoms with Gasteiger partial charge in [-0.1, -0.05) is 32.0 Å². The third-order valence-electron chi connectivity index (χ3n) is 2.04. The molecule has 0 atom stereocenters. The van der Waals surface area contributed by atoms with Crippen LogP contribution in [0, 0.1) is 0 Å². The Balaban J connectivity index is 0.000000606. The van der Waals surface area contributed by atoms with E-state index in [1.54, 1.807) is 13.2 Å². The van der Waals surface area contributed by atoms with Crippen LogP contribution < -0.4 is 5.63 Å². The topological polar surface area (TPSA) is 39.4 Å². The Kier molecular flexibility index (Phi) is 4.73. The van der Waals surface area contributed by atoms with Gasteiger partial charge in [-0.3, -0.25) is 0 Å². The number of hydrogen-bond acceptors (Lipinski definition) is 3. The molecule has 3 heteroatoms. The lowest BCUT2D eigenvalue weighted by Gasteiger charge is -2.02. The van der Waals surface area contributed by atoms with Crippen molar-refractivity contribution in [3.05, 3.63) is 46.3 Å². The van der Waals surface area contributed by atoms with E-state index in [1.165, 1.54) is 6.07 Å². The average molecular weight is 220 g/mol.